The van der Waals surface area contributed by atoms with Gasteiger partial charge >= 0.3 is 5.97 Å². The molecular weight excluding hydrogens is 350 g/mol. The average molecular weight is 371 g/mol. The SMILES string of the molecule is CCOC(=O)C(=O)Cc1c(CCOCc2ccccc2)cccc1[N+](=O)[O-]. The Morgan fingerprint density at radius 3 is 2.48 bits per heavy atom. The lowest BCUT2D eigenvalue weighted by Gasteiger charge is -2.10. The molecule has 0 amide bonds. The number of benzene rings is 2. The number of Topliss-reactive ketones (excluding diaryl/α,β-unsaturated/α-hetero) is 1. The van der Waals surface area contributed by atoms with Gasteiger partial charge in [-0.05, 0) is 24.5 Å². The summed E-state index contributed by atoms with van der Waals surface area (Å²) in [4.78, 5) is 34.4. The molecule has 2 rings (SSSR count). The molecule has 7 nitrogen and oxygen atoms in total. The molecule has 0 atom stereocenters. The number of hydrogen-bond acceptors (Lipinski definition) is 6. The van der Waals surface area contributed by atoms with Crippen molar-refractivity contribution in [3.8, 4) is 0 Å². The predicted octanol–water partition coefficient (Wildman–Crippen LogP) is 3.03. The van der Waals surface area contributed by atoms with E-state index in [1.54, 1.807) is 19.1 Å². The molecule has 0 radical (unpaired) electrons. The molecule has 0 aliphatic heterocycles. The fourth-order valence-electron chi connectivity index (χ4n) is 2.62. The number of esters is 1. The standard InChI is InChI=1S/C20H21NO6/c1-2-27-20(23)19(22)13-17-16(9-6-10-18(17)21(24)25)11-12-26-14-15-7-4-3-5-8-15/h3-10H,2,11-14H2,1H3. The molecule has 0 aliphatic carbocycles. The summed E-state index contributed by atoms with van der Waals surface area (Å²) in [5, 5.41) is 11.3. The Labute approximate surface area is 157 Å². The highest BCUT2D eigenvalue weighted by atomic mass is 16.6. The van der Waals surface area contributed by atoms with E-state index in [4.69, 9.17) is 4.74 Å². The number of nitro benzene ring substituents is 1. The van der Waals surface area contributed by atoms with Crippen molar-refractivity contribution in [2.24, 2.45) is 0 Å². The molecule has 0 saturated carbocycles. The number of ether oxygens (including phenoxy) is 2. The molecule has 0 spiro atoms. The van der Waals surface area contributed by atoms with Crippen LogP contribution in [0.3, 0.4) is 0 Å². The summed E-state index contributed by atoms with van der Waals surface area (Å²) in [6.45, 7) is 2.41. The second-order valence-corrected chi connectivity index (χ2v) is 5.78. The smallest absolute Gasteiger partial charge is 0.374 e. The maximum Gasteiger partial charge on any atom is 0.374 e. The van der Waals surface area contributed by atoms with E-state index in [-0.39, 0.29) is 24.3 Å². The van der Waals surface area contributed by atoms with E-state index in [0.29, 0.717) is 25.2 Å². The van der Waals surface area contributed by atoms with E-state index in [1.807, 2.05) is 30.3 Å². The second-order valence-electron chi connectivity index (χ2n) is 5.78. The van der Waals surface area contributed by atoms with E-state index in [9.17, 15) is 19.7 Å². The summed E-state index contributed by atoms with van der Waals surface area (Å²) in [5.74, 6) is -1.79. The molecule has 0 aromatic heterocycles. The summed E-state index contributed by atoms with van der Waals surface area (Å²) >= 11 is 0. The summed E-state index contributed by atoms with van der Waals surface area (Å²) in [6, 6.07) is 14.2. The van der Waals surface area contributed by atoms with Crippen molar-refractivity contribution in [3.05, 3.63) is 75.3 Å². The van der Waals surface area contributed by atoms with Gasteiger partial charge in [-0.2, -0.15) is 0 Å². The van der Waals surface area contributed by atoms with Crippen LogP contribution in [-0.4, -0.2) is 29.9 Å². The Morgan fingerprint density at radius 2 is 1.81 bits per heavy atom. The summed E-state index contributed by atoms with van der Waals surface area (Å²) in [7, 11) is 0. The fraction of sp³-hybridized carbons (Fsp3) is 0.300. The van der Waals surface area contributed by atoms with Crippen molar-refractivity contribution in [3.63, 3.8) is 0 Å². The van der Waals surface area contributed by atoms with Gasteiger partial charge in [0.25, 0.3) is 5.69 Å². The first-order valence-corrected chi connectivity index (χ1v) is 8.59. The number of hydrogen-bond donors (Lipinski definition) is 0. The van der Waals surface area contributed by atoms with Crippen LogP contribution in [-0.2, 0) is 38.5 Å². The van der Waals surface area contributed by atoms with Gasteiger partial charge in [0.15, 0.2) is 0 Å². The largest absolute Gasteiger partial charge is 0.460 e. The number of carbonyl (C=O) groups is 2. The molecule has 0 fully saturated rings. The second kappa shape index (κ2) is 10.2. The van der Waals surface area contributed by atoms with Gasteiger partial charge < -0.3 is 9.47 Å². The zero-order valence-corrected chi connectivity index (χ0v) is 15.1. The van der Waals surface area contributed by atoms with Crippen LogP contribution in [0.5, 0.6) is 0 Å². The van der Waals surface area contributed by atoms with Gasteiger partial charge in [0.2, 0.25) is 5.78 Å². The van der Waals surface area contributed by atoms with Gasteiger partial charge in [-0.1, -0.05) is 42.5 Å². The molecule has 0 saturated heterocycles. The Morgan fingerprint density at radius 1 is 1.07 bits per heavy atom. The Hall–Kier alpha value is -3.06. The van der Waals surface area contributed by atoms with E-state index in [2.05, 4.69) is 4.74 Å². The highest BCUT2D eigenvalue weighted by Gasteiger charge is 2.24. The van der Waals surface area contributed by atoms with Gasteiger partial charge in [0.1, 0.15) is 0 Å². The van der Waals surface area contributed by atoms with E-state index in [1.165, 1.54) is 6.07 Å². The highest BCUT2D eigenvalue weighted by molar-refractivity contribution is 6.34. The molecule has 2 aromatic carbocycles. The monoisotopic (exact) mass is 371 g/mol. The molecular formula is C20H21NO6. The number of ketones is 1. The number of rotatable bonds is 10. The van der Waals surface area contributed by atoms with Gasteiger partial charge in [-0.15, -0.1) is 0 Å². The van der Waals surface area contributed by atoms with Gasteiger partial charge in [-0.3, -0.25) is 14.9 Å². The first kappa shape index (κ1) is 20.3. The van der Waals surface area contributed by atoms with Crippen LogP contribution in [0.25, 0.3) is 0 Å². The van der Waals surface area contributed by atoms with Crippen molar-refractivity contribution < 1.29 is 24.0 Å². The van der Waals surface area contributed by atoms with Crippen molar-refractivity contribution in [2.45, 2.75) is 26.4 Å². The van der Waals surface area contributed by atoms with Crippen LogP contribution < -0.4 is 0 Å². The molecule has 142 valence electrons. The third kappa shape index (κ3) is 6.00. The van der Waals surface area contributed by atoms with E-state index < -0.39 is 16.7 Å². The maximum atomic E-state index is 12.0. The third-order valence-electron chi connectivity index (χ3n) is 3.91. The minimum Gasteiger partial charge on any atom is -0.460 e. The first-order valence-electron chi connectivity index (χ1n) is 8.59. The molecule has 0 aliphatic rings. The van der Waals surface area contributed by atoms with Gasteiger partial charge in [0, 0.05) is 11.6 Å². The molecule has 0 bridgehead atoms. The van der Waals surface area contributed by atoms with E-state index in [0.717, 1.165) is 5.56 Å². The molecule has 7 heteroatoms. The zero-order chi connectivity index (χ0) is 19.6. The lowest BCUT2D eigenvalue weighted by Crippen LogP contribution is -2.21. The van der Waals surface area contributed by atoms with Crippen LogP contribution in [0.2, 0.25) is 0 Å². The fourth-order valence-corrected chi connectivity index (χ4v) is 2.62. The van der Waals surface area contributed by atoms with E-state index >= 15 is 0 Å². The Balaban J connectivity index is 2.08. The molecule has 0 unspecified atom stereocenters. The maximum absolute atomic E-state index is 12.0. The van der Waals surface area contributed by atoms with Crippen LogP contribution in [0.4, 0.5) is 5.69 Å². The van der Waals surface area contributed by atoms with Crippen LogP contribution in [0, 0.1) is 10.1 Å². The molecule has 2 aromatic rings. The average Bonchev–Trinajstić information content (AvgIpc) is 2.67. The predicted molar refractivity (Wildman–Crippen MR) is 98.2 cm³/mol. The first-order chi connectivity index (χ1) is 13.0. The molecule has 0 heterocycles. The minimum atomic E-state index is -0.984. The third-order valence-corrected chi connectivity index (χ3v) is 3.91. The Kier molecular flexibility index (Phi) is 7.63. The van der Waals surface area contributed by atoms with Crippen molar-refractivity contribution in [2.75, 3.05) is 13.2 Å². The van der Waals surface area contributed by atoms with Crippen LogP contribution >= 0.6 is 0 Å². The molecule has 27 heavy (non-hydrogen) atoms. The summed E-state index contributed by atoms with van der Waals surface area (Å²) in [5.41, 5.74) is 1.67. The van der Waals surface area contributed by atoms with Gasteiger partial charge in [0.05, 0.1) is 31.2 Å². The lowest BCUT2D eigenvalue weighted by molar-refractivity contribution is -0.385. The zero-order valence-electron chi connectivity index (χ0n) is 15.1. The lowest BCUT2D eigenvalue weighted by atomic mass is 9.98. The van der Waals surface area contributed by atoms with Gasteiger partial charge in [-0.25, -0.2) is 4.79 Å². The van der Waals surface area contributed by atoms with Crippen LogP contribution in [0.1, 0.15) is 23.6 Å². The summed E-state index contributed by atoms with van der Waals surface area (Å²) < 4.78 is 10.3. The van der Waals surface area contributed by atoms with Crippen LogP contribution in [0.15, 0.2) is 48.5 Å². The normalized spacial score (nSPS) is 10.4. The highest BCUT2D eigenvalue weighted by Crippen LogP contribution is 2.24. The number of carbonyl (C=O) groups excluding carboxylic acids is 2. The van der Waals surface area contributed by atoms with Crippen molar-refractivity contribution >= 4 is 17.4 Å². The van der Waals surface area contributed by atoms with Crippen molar-refractivity contribution in [1.29, 1.82) is 0 Å². The van der Waals surface area contributed by atoms with Crippen molar-refractivity contribution in [1.82, 2.24) is 0 Å². The quantitative estimate of drug-likeness (QED) is 0.209. The Bertz CT molecular complexity index is 803. The number of nitrogens with zero attached hydrogens (tertiary/aromatic N) is 1. The summed E-state index contributed by atoms with van der Waals surface area (Å²) in [6.07, 6.45) is 0.0178. The topological polar surface area (TPSA) is 95.7 Å². The molecule has 0 N–H and O–H groups in total. The number of nitro groups is 1. The minimum absolute atomic E-state index is 0.0711.